The van der Waals surface area contributed by atoms with Crippen LogP contribution in [-0.2, 0) is 59.3 Å². The molecular weight excluding hydrogens is 851 g/mol. The number of nitrogens with zero attached hydrogens (tertiary/aromatic N) is 3. The number of carbonyl (C=O) groups is 7. The van der Waals surface area contributed by atoms with Crippen LogP contribution in [0.1, 0.15) is 72.3 Å². The SMILES string of the molecule is CC[C@H](C)[C@@H]1NC(=O)[C@H](Cc2ccccc2)N(C)C(=O)[C@H](C(C)C)N2C(=O)[C@H](CC[C@H]2O)NC(=O)[C@H](CCCN=C(N)N)NC(=O)[C@@H](NC(=O)C(O)COS(=O)(=O)O)[C@@H](C)OC1=O. The van der Waals surface area contributed by atoms with Gasteiger partial charge in [0.2, 0.25) is 29.5 Å². The molecule has 2 heterocycles. The zero-order valence-electron chi connectivity index (χ0n) is 36.1. The lowest BCUT2D eigenvalue weighted by Crippen LogP contribution is -2.66. The number of carbonyl (C=O) groups excluding carboxylic acids is 7. The van der Waals surface area contributed by atoms with Crippen LogP contribution in [0.4, 0.5) is 0 Å². The van der Waals surface area contributed by atoms with Gasteiger partial charge in [-0.25, -0.2) is 8.98 Å². The Morgan fingerprint density at radius 2 is 1.65 bits per heavy atom. The van der Waals surface area contributed by atoms with Gasteiger partial charge in [-0.15, -0.1) is 0 Å². The number of guanidine groups is 1. The summed E-state index contributed by atoms with van der Waals surface area (Å²) in [5.41, 5.74) is 11.5. The maximum atomic E-state index is 14.6. The van der Waals surface area contributed by atoms with Gasteiger partial charge in [0.05, 0.1) is 0 Å². The van der Waals surface area contributed by atoms with Crippen molar-refractivity contribution < 1.29 is 65.7 Å². The molecular formula is C39H61N9O14S. The summed E-state index contributed by atoms with van der Waals surface area (Å²) in [4.78, 5) is 105. The number of rotatable bonds is 14. The number of nitrogens with one attached hydrogen (secondary N) is 4. The highest BCUT2D eigenvalue weighted by Gasteiger charge is 2.46. The number of aliphatic hydroxyl groups excluding tert-OH is 2. The molecule has 1 aromatic rings. The summed E-state index contributed by atoms with van der Waals surface area (Å²) in [5, 5.41) is 31.6. The lowest BCUT2D eigenvalue weighted by atomic mass is 9.93. The number of amides is 6. The fourth-order valence-corrected chi connectivity index (χ4v) is 7.41. The first-order valence-electron chi connectivity index (χ1n) is 20.5. The fourth-order valence-electron chi connectivity index (χ4n) is 7.11. The molecule has 2 saturated heterocycles. The minimum absolute atomic E-state index is 0.0157. The van der Waals surface area contributed by atoms with Crippen LogP contribution in [0.15, 0.2) is 35.3 Å². The van der Waals surface area contributed by atoms with Gasteiger partial charge in [-0.2, -0.15) is 8.42 Å². The molecule has 2 fully saturated rings. The van der Waals surface area contributed by atoms with E-state index in [2.05, 4.69) is 30.4 Å². The number of aliphatic imine (C=N–C) groups is 1. The highest BCUT2D eigenvalue weighted by Crippen LogP contribution is 2.26. The Hall–Kier alpha value is -5.43. The second-order valence-electron chi connectivity index (χ2n) is 15.9. The van der Waals surface area contributed by atoms with Gasteiger partial charge in [0, 0.05) is 20.0 Å². The van der Waals surface area contributed by atoms with E-state index >= 15 is 0 Å². The van der Waals surface area contributed by atoms with Crippen LogP contribution < -0.4 is 32.7 Å². The average Bonchev–Trinajstić information content (AvgIpc) is 3.21. The number of aliphatic hydroxyl groups is 2. The molecule has 0 spiro atoms. The molecule has 23 nitrogen and oxygen atoms in total. The highest BCUT2D eigenvalue weighted by molar-refractivity contribution is 7.80. The number of fused-ring (bicyclic) bond motifs is 2. The number of piperidine rings is 1. The number of likely N-dealkylation sites (N-methyl/N-ethyl adjacent to an activating group) is 1. The van der Waals surface area contributed by atoms with E-state index < -0.39 is 125 Å². The second kappa shape index (κ2) is 23.3. The van der Waals surface area contributed by atoms with Gasteiger partial charge in [-0.1, -0.05) is 64.4 Å². The van der Waals surface area contributed by atoms with E-state index in [0.717, 1.165) is 9.80 Å². The largest absolute Gasteiger partial charge is 0.458 e. The maximum absolute atomic E-state index is 14.6. The predicted molar refractivity (Wildman–Crippen MR) is 224 cm³/mol. The van der Waals surface area contributed by atoms with Crippen molar-refractivity contribution in [3.63, 3.8) is 0 Å². The smallest absolute Gasteiger partial charge is 0.397 e. The van der Waals surface area contributed by atoms with E-state index in [1.807, 2.05) is 0 Å². The van der Waals surface area contributed by atoms with Crippen molar-refractivity contribution in [2.75, 3.05) is 20.2 Å². The van der Waals surface area contributed by atoms with Gasteiger partial charge in [0.15, 0.2) is 12.1 Å². The molecule has 2 bridgehead atoms. The molecule has 11 N–H and O–H groups in total. The first-order valence-corrected chi connectivity index (χ1v) is 21.9. The first kappa shape index (κ1) is 51.9. The third-order valence-electron chi connectivity index (χ3n) is 10.8. The maximum Gasteiger partial charge on any atom is 0.397 e. The lowest BCUT2D eigenvalue weighted by Gasteiger charge is -2.44. The van der Waals surface area contributed by atoms with Crippen LogP contribution in [0.5, 0.6) is 0 Å². The molecule has 2 aliphatic heterocycles. The summed E-state index contributed by atoms with van der Waals surface area (Å²) in [6.45, 7) is 6.54. The molecule has 352 valence electrons. The van der Waals surface area contributed by atoms with Crippen molar-refractivity contribution in [3.05, 3.63) is 35.9 Å². The van der Waals surface area contributed by atoms with E-state index in [1.54, 1.807) is 58.0 Å². The van der Waals surface area contributed by atoms with Gasteiger partial charge in [0.1, 0.15) is 55.2 Å². The van der Waals surface area contributed by atoms with Crippen LogP contribution in [0.2, 0.25) is 0 Å². The zero-order valence-corrected chi connectivity index (χ0v) is 36.9. The van der Waals surface area contributed by atoms with Crippen molar-refractivity contribution in [2.24, 2.45) is 28.3 Å². The fraction of sp³-hybridized carbons (Fsp3) is 0.641. The summed E-state index contributed by atoms with van der Waals surface area (Å²) >= 11 is 0. The predicted octanol–water partition coefficient (Wildman–Crippen LogP) is -2.81. The number of benzene rings is 1. The summed E-state index contributed by atoms with van der Waals surface area (Å²) in [5.74, 6) is -8.48. The first-order chi connectivity index (χ1) is 29.5. The Morgan fingerprint density at radius 3 is 2.24 bits per heavy atom. The Morgan fingerprint density at radius 1 is 1.00 bits per heavy atom. The number of nitrogens with two attached hydrogens (primary N) is 2. The van der Waals surface area contributed by atoms with E-state index in [0.29, 0.717) is 12.0 Å². The topological polar surface area (TPSA) is 352 Å². The van der Waals surface area contributed by atoms with Gasteiger partial charge >= 0.3 is 16.4 Å². The van der Waals surface area contributed by atoms with Gasteiger partial charge < -0.3 is 57.5 Å². The summed E-state index contributed by atoms with van der Waals surface area (Å²) in [6.07, 6.45) is -5.46. The van der Waals surface area contributed by atoms with Crippen molar-refractivity contribution in [2.45, 2.75) is 128 Å². The monoisotopic (exact) mass is 911 g/mol. The zero-order chi connectivity index (χ0) is 47.3. The van der Waals surface area contributed by atoms with E-state index in [-0.39, 0.29) is 44.6 Å². The molecule has 0 saturated carbocycles. The third kappa shape index (κ3) is 14.8. The highest BCUT2D eigenvalue weighted by atomic mass is 32.3. The minimum Gasteiger partial charge on any atom is -0.458 e. The Labute approximate surface area is 366 Å². The van der Waals surface area contributed by atoms with Gasteiger partial charge in [-0.3, -0.25) is 38.3 Å². The van der Waals surface area contributed by atoms with Crippen LogP contribution in [0.25, 0.3) is 0 Å². The number of hydrogen-bond donors (Lipinski definition) is 9. The number of hydrogen-bond acceptors (Lipinski definition) is 14. The van der Waals surface area contributed by atoms with Crippen molar-refractivity contribution >= 4 is 57.8 Å². The molecule has 10 atom stereocenters. The van der Waals surface area contributed by atoms with Crippen molar-refractivity contribution in [1.29, 1.82) is 0 Å². The van der Waals surface area contributed by atoms with Crippen LogP contribution >= 0.6 is 0 Å². The normalized spacial score (nSPS) is 26.8. The van der Waals surface area contributed by atoms with Crippen molar-refractivity contribution in [1.82, 2.24) is 31.1 Å². The van der Waals surface area contributed by atoms with Crippen molar-refractivity contribution in [3.8, 4) is 0 Å². The number of esters is 1. The number of ether oxygens (including phenoxy) is 1. The molecule has 0 aromatic heterocycles. The molecule has 24 heteroatoms. The molecule has 63 heavy (non-hydrogen) atoms. The van der Waals surface area contributed by atoms with Crippen LogP contribution in [0, 0.1) is 11.8 Å². The summed E-state index contributed by atoms with van der Waals surface area (Å²) in [6, 6.07) is -0.176. The second-order valence-corrected chi connectivity index (χ2v) is 17.0. The standard InChI is InChI=1S/C39H61N9O14S/c1-7-21(4)29-38(57)62-22(5)30(46-34(53)27(49)19-61-63(58,59)60)35(54)43-24(14-11-17-42-39(40)41)32(51)44-25-15-16-28(50)48(36(25)55)31(20(2)3)37(56)47(6)26(33(52)45-29)18-23-12-9-8-10-13-23/h8-10,12-13,20-22,24-31,49-50H,7,11,14-19H2,1-6H3,(H,43,54)(H,44,51)(H,45,52)(H,46,53)(H4,40,41,42)(H,58,59,60)/t21-,22+,24-,25-,26-,27?,28+,29-,30-,31-/m0/s1. The molecule has 0 radical (unpaired) electrons. The quantitative estimate of drug-likeness (QED) is 0.0299. The molecule has 1 unspecified atom stereocenters. The molecule has 6 amide bonds. The van der Waals surface area contributed by atoms with E-state index in [9.17, 15) is 52.2 Å². The van der Waals surface area contributed by atoms with Gasteiger partial charge in [-0.05, 0) is 50.0 Å². The Bertz CT molecular complexity index is 1930. The van der Waals surface area contributed by atoms with E-state index in [4.69, 9.17) is 20.8 Å². The number of cyclic esters (lactones) is 1. The molecule has 0 aliphatic carbocycles. The Balaban J connectivity index is 2.22. The summed E-state index contributed by atoms with van der Waals surface area (Å²) in [7, 11) is -3.76. The Kier molecular flexibility index (Phi) is 19.2. The molecule has 1 aromatic carbocycles. The molecule has 3 rings (SSSR count). The minimum atomic E-state index is -5.12. The van der Waals surface area contributed by atoms with Gasteiger partial charge in [0.25, 0.3) is 5.91 Å². The third-order valence-corrected chi connectivity index (χ3v) is 11.3. The average molecular weight is 912 g/mol. The lowest BCUT2D eigenvalue weighted by molar-refractivity contribution is -0.167. The van der Waals surface area contributed by atoms with E-state index in [1.165, 1.54) is 14.0 Å². The molecule has 2 aliphatic rings. The summed E-state index contributed by atoms with van der Waals surface area (Å²) < 4.78 is 41.0. The van der Waals surface area contributed by atoms with Crippen LogP contribution in [-0.4, -0.2) is 155 Å². The van der Waals surface area contributed by atoms with Crippen LogP contribution in [0.3, 0.4) is 0 Å².